The van der Waals surface area contributed by atoms with Gasteiger partial charge in [0.25, 0.3) is 5.91 Å². The van der Waals surface area contributed by atoms with Gasteiger partial charge in [-0.3, -0.25) is 4.79 Å². The van der Waals surface area contributed by atoms with Crippen LogP contribution in [0.5, 0.6) is 0 Å². The Morgan fingerprint density at radius 2 is 1.89 bits per heavy atom. The second-order valence-electron chi connectivity index (χ2n) is 4.75. The molecule has 110 valence electrons. The zero-order chi connectivity index (χ0) is 14.5. The summed E-state index contributed by atoms with van der Waals surface area (Å²) in [6.07, 6.45) is -0.140. The Bertz CT molecular complexity index is 330. The molecular weight excluding hydrogens is 260 g/mol. The first-order valence-corrected chi connectivity index (χ1v) is 6.28. The van der Waals surface area contributed by atoms with E-state index in [0.29, 0.717) is 12.8 Å². The van der Waals surface area contributed by atoms with Gasteiger partial charge >= 0.3 is 5.97 Å². The Balaban J connectivity index is 2.71. The van der Waals surface area contributed by atoms with Crippen LogP contribution in [0.3, 0.4) is 0 Å². The lowest BCUT2D eigenvalue weighted by Gasteiger charge is -2.35. The van der Waals surface area contributed by atoms with Crippen molar-refractivity contribution < 1.29 is 28.2 Å². The van der Waals surface area contributed by atoms with Gasteiger partial charge in [-0.05, 0) is 12.8 Å². The molecular formula is C12H19F2NO4. The van der Waals surface area contributed by atoms with Gasteiger partial charge in [0.1, 0.15) is 11.6 Å². The number of carboxylic acids is 1. The number of amides is 1. The molecule has 1 aliphatic rings. The van der Waals surface area contributed by atoms with E-state index >= 15 is 0 Å². The molecule has 1 saturated carbocycles. The zero-order valence-corrected chi connectivity index (χ0v) is 10.8. The quantitative estimate of drug-likeness (QED) is 0.773. The van der Waals surface area contributed by atoms with Crippen LogP contribution in [0.4, 0.5) is 8.78 Å². The van der Waals surface area contributed by atoms with Crippen LogP contribution in [0, 0.1) is 0 Å². The standard InChI is InChI=1S/C12H19F2NO4/c1-19-12(5-3-2-4-6-12)11(18)15-8(10(16)17)7-9(13)14/h8-9H,2-7H2,1H3,(H,15,18)(H,16,17). The van der Waals surface area contributed by atoms with Crippen LogP contribution in [0.25, 0.3) is 0 Å². The highest BCUT2D eigenvalue weighted by Crippen LogP contribution is 2.31. The molecule has 1 amide bonds. The van der Waals surface area contributed by atoms with Gasteiger partial charge in [-0.15, -0.1) is 0 Å². The molecule has 1 rings (SSSR count). The molecule has 0 aliphatic heterocycles. The molecule has 19 heavy (non-hydrogen) atoms. The Morgan fingerprint density at radius 1 is 1.32 bits per heavy atom. The lowest BCUT2D eigenvalue weighted by molar-refractivity contribution is -0.153. The number of aliphatic carboxylic acids is 1. The molecule has 7 heteroatoms. The van der Waals surface area contributed by atoms with E-state index in [4.69, 9.17) is 9.84 Å². The van der Waals surface area contributed by atoms with Crippen LogP contribution in [0.1, 0.15) is 38.5 Å². The van der Waals surface area contributed by atoms with Gasteiger partial charge in [0.15, 0.2) is 0 Å². The molecule has 0 bridgehead atoms. The lowest BCUT2D eigenvalue weighted by atomic mass is 9.83. The fourth-order valence-electron chi connectivity index (χ4n) is 2.34. The van der Waals surface area contributed by atoms with Crippen molar-refractivity contribution in [2.75, 3.05) is 7.11 Å². The minimum absolute atomic E-state index is 0.482. The first-order chi connectivity index (χ1) is 8.91. The van der Waals surface area contributed by atoms with Crippen LogP contribution in [-0.2, 0) is 14.3 Å². The van der Waals surface area contributed by atoms with Crippen LogP contribution in [0.15, 0.2) is 0 Å². The maximum Gasteiger partial charge on any atom is 0.326 e. The highest BCUT2D eigenvalue weighted by molar-refractivity contribution is 5.89. The number of hydrogen-bond acceptors (Lipinski definition) is 3. The summed E-state index contributed by atoms with van der Waals surface area (Å²) in [4.78, 5) is 23.0. The molecule has 5 nitrogen and oxygen atoms in total. The predicted molar refractivity (Wildman–Crippen MR) is 63.0 cm³/mol. The Hall–Kier alpha value is -1.24. The molecule has 0 radical (unpaired) electrons. The van der Waals surface area contributed by atoms with Crippen LogP contribution >= 0.6 is 0 Å². The summed E-state index contributed by atoms with van der Waals surface area (Å²) in [7, 11) is 1.38. The van der Waals surface area contributed by atoms with Crippen LogP contribution < -0.4 is 5.32 Å². The van der Waals surface area contributed by atoms with Crippen molar-refractivity contribution in [2.45, 2.75) is 56.6 Å². The van der Waals surface area contributed by atoms with Crippen LogP contribution in [0.2, 0.25) is 0 Å². The summed E-state index contributed by atoms with van der Waals surface area (Å²) in [6.45, 7) is 0. The van der Waals surface area contributed by atoms with E-state index in [2.05, 4.69) is 5.32 Å². The fraction of sp³-hybridized carbons (Fsp3) is 0.833. The second-order valence-corrected chi connectivity index (χ2v) is 4.75. The van der Waals surface area contributed by atoms with Crippen molar-refractivity contribution in [1.29, 1.82) is 0 Å². The molecule has 0 aromatic rings. The molecule has 0 aromatic heterocycles. The number of nitrogens with one attached hydrogen (secondary N) is 1. The van der Waals surface area contributed by atoms with E-state index in [-0.39, 0.29) is 0 Å². The molecule has 0 aromatic carbocycles. The Kier molecular flexibility index (Phi) is 5.65. The topological polar surface area (TPSA) is 75.6 Å². The third-order valence-corrected chi connectivity index (χ3v) is 3.48. The Labute approximate surface area is 110 Å². The number of halogens is 2. The number of carbonyl (C=O) groups is 2. The number of methoxy groups -OCH3 is 1. The summed E-state index contributed by atoms with van der Waals surface area (Å²) >= 11 is 0. The number of hydrogen-bond donors (Lipinski definition) is 2. The minimum atomic E-state index is -2.79. The largest absolute Gasteiger partial charge is 0.480 e. The Morgan fingerprint density at radius 3 is 2.32 bits per heavy atom. The summed E-state index contributed by atoms with van der Waals surface area (Å²) in [5.74, 6) is -2.07. The van der Waals surface area contributed by atoms with E-state index in [1.54, 1.807) is 0 Å². The van der Waals surface area contributed by atoms with E-state index in [0.717, 1.165) is 19.3 Å². The number of alkyl halides is 2. The second kappa shape index (κ2) is 6.79. The minimum Gasteiger partial charge on any atom is -0.480 e. The van der Waals surface area contributed by atoms with Gasteiger partial charge in [-0.1, -0.05) is 19.3 Å². The maximum atomic E-state index is 12.3. The van der Waals surface area contributed by atoms with Crippen molar-refractivity contribution in [3.63, 3.8) is 0 Å². The molecule has 0 saturated heterocycles. The van der Waals surface area contributed by atoms with Crippen molar-refractivity contribution in [3.05, 3.63) is 0 Å². The van der Waals surface area contributed by atoms with Crippen molar-refractivity contribution in [2.24, 2.45) is 0 Å². The molecule has 1 atom stereocenters. The van der Waals surface area contributed by atoms with Gasteiger partial charge in [-0.2, -0.15) is 0 Å². The highest BCUT2D eigenvalue weighted by Gasteiger charge is 2.41. The average Bonchev–Trinajstić information content (AvgIpc) is 2.38. The lowest BCUT2D eigenvalue weighted by Crippen LogP contribution is -2.54. The van der Waals surface area contributed by atoms with Crippen molar-refractivity contribution in [3.8, 4) is 0 Å². The number of carbonyl (C=O) groups excluding carboxylic acids is 1. The third-order valence-electron chi connectivity index (χ3n) is 3.48. The third kappa shape index (κ3) is 4.12. The highest BCUT2D eigenvalue weighted by atomic mass is 19.3. The van der Waals surface area contributed by atoms with E-state index in [1.807, 2.05) is 0 Å². The molecule has 0 heterocycles. The van der Waals surface area contributed by atoms with Gasteiger partial charge < -0.3 is 15.2 Å². The van der Waals surface area contributed by atoms with E-state index in [1.165, 1.54) is 7.11 Å². The maximum absolute atomic E-state index is 12.3. The molecule has 0 spiro atoms. The van der Waals surface area contributed by atoms with Crippen LogP contribution in [-0.4, -0.2) is 42.2 Å². The number of rotatable bonds is 6. The fourth-order valence-corrected chi connectivity index (χ4v) is 2.34. The van der Waals surface area contributed by atoms with Gasteiger partial charge in [0, 0.05) is 13.5 Å². The predicted octanol–water partition coefficient (Wildman–Crippen LogP) is 1.56. The molecule has 1 unspecified atom stereocenters. The van der Waals surface area contributed by atoms with Gasteiger partial charge in [-0.25, -0.2) is 13.6 Å². The molecule has 1 fully saturated rings. The smallest absolute Gasteiger partial charge is 0.326 e. The SMILES string of the molecule is COC1(C(=O)NC(CC(F)F)C(=O)O)CCCCC1. The normalized spacial score (nSPS) is 20.0. The first kappa shape index (κ1) is 15.8. The first-order valence-electron chi connectivity index (χ1n) is 6.28. The van der Waals surface area contributed by atoms with E-state index in [9.17, 15) is 18.4 Å². The average molecular weight is 279 g/mol. The summed E-state index contributed by atoms with van der Waals surface area (Å²) in [6, 6.07) is -1.58. The van der Waals surface area contributed by atoms with E-state index < -0.39 is 36.4 Å². The molecule has 1 aliphatic carbocycles. The van der Waals surface area contributed by atoms with Gasteiger partial charge in [0.2, 0.25) is 6.43 Å². The number of ether oxygens (including phenoxy) is 1. The van der Waals surface area contributed by atoms with Gasteiger partial charge in [0.05, 0.1) is 0 Å². The van der Waals surface area contributed by atoms with Crippen molar-refractivity contribution in [1.82, 2.24) is 5.32 Å². The summed E-state index contributed by atoms with van der Waals surface area (Å²) in [5, 5.41) is 11.0. The summed E-state index contributed by atoms with van der Waals surface area (Å²) < 4.78 is 29.8. The number of carboxylic acid groups (broad SMARTS) is 1. The van der Waals surface area contributed by atoms with Crippen molar-refractivity contribution >= 4 is 11.9 Å². The summed E-state index contributed by atoms with van der Waals surface area (Å²) in [5.41, 5.74) is -1.08. The molecule has 2 N–H and O–H groups in total. The monoisotopic (exact) mass is 279 g/mol. The zero-order valence-electron chi connectivity index (χ0n) is 10.8.